The molecule has 0 aliphatic rings. The topological polar surface area (TPSA) is 103 Å². The summed E-state index contributed by atoms with van der Waals surface area (Å²) in [6.07, 6.45) is 0. The number of rotatable bonds is 1. The third-order valence-electron chi connectivity index (χ3n) is 4.94. The molecular formula is C21H13NO6. The molecule has 28 heavy (non-hydrogen) atoms. The largest absolute Gasteiger partial charge is 0.494 e. The molecule has 0 saturated carbocycles. The molecule has 0 unspecified atom stereocenters. The number of aromatic nitrogens is 1. The molecule has 0 fully saturated rings. The summed E-state index contributed by atoms with van der Waals surface area (Å²) >= 11 is 0. The second kappa shape index (κ2) is 5.56. The van der Waals surface area contributed by atoms with E-state index in [2.05, 4.69) is 4.98 Å². The van der Waals surface area contributed by atoms with Crippen LogP contribution in [0.3, 0.4) is 0 Å². The van der Waals surface area contributed by atoms with Crippen LogP contribution in [0.15, 0.2) is 59.6 Å². The molecule has 0 amide bonds. The van der Waals surface area contributed by atoms with E-state index in [1.807, 2.05) is 0 Å². The van der Waals surface area contributed by atoms with Gasteiger partial charge in [0.1, 0.15) is 11.3 Å². The van der Waals surface area contributed by atoms with Gasteiger partial charge in [0.25, 0.3) is 5.56 Å². The van der Waals surface area contributed by atoms with Gasteiger partial charge in [0, 0.05) is 22.9 Å². The molecule has 0 radical (unpaired) electrons. The van der Waals surface area contributed by atoms with Crippen molar-refractivity contribution in [2.75, 3.05) is 7.11 Å². The van der Waals surface area contributed by atoms with Gasteiger partial charge in [0.2, 0.25) is 0 Å². The average Bonchev–Trinajstić information content (AvgIpc) is 2.67. The zero-order chi connectivity index (χ0) is 19.6. The Morgan fingerprint density at radius 3 is 2.43 bits per heavy atom. The van der Waals surface area contributed by atoms with Crippen molar-refractivity contribution in [1.82, 2.24) is 4.98 Å². The molecule has 1 N–H and O–H groups in total. The van der Waals surface area contributed by atoms with Crippen molar-refractivity contribution in [1.29, 1.82) is 0 Å². The molecule has 7 nitrogen and oxygen atoms in total. The fraction of sp³-hybridized carbons (Fsp3) is 0.0952. The summed E-state index contributed by atoms with van der Waals surface area (Å²) < 4.78 is 16.3. The molecule has 0 aliphatic carbocycles. The molecule has 0 saturated heterocycles. The van der Waals surface area contributed by atoms with Gasteiger partial charge in [-0.05, 0) is 18.6 Å². The highest BCUT2D eigenvalue weighted by Crippen LogP contribution is 2.37. The lowest BCUT2D eigenvalue weighted by molar-refractivity contribution is 0.418. The quantitative estimate of drug-likeness (QED) is 0.356. The van der Waals surface area contributed by atoms with Gasteiger partial charge in [-0.1, -0.05) is 18.2 Å². The van der Waals surface area contributed by atoms with Crippen LogP contribution in [0.5, 0.6) is 5.75 Å². The van der Waals surface area contributed by atoms with Crippen LogP contribution in [-0.4, -0.2) is 12.1 Å². The molecule has 5 aromatic rings. The van der Waals surface area contributed by atoms with E-state index in [1.54, 1.807) is 31.2 Å². The fourth-order valence-corrected chi connectivity index (χ4v) is 3.78. The van der Waals surface area contributed by atoms with E-state index in [-0.39, 0.29) is 16.6 Å². The number of hydrogen-bond donors (Lipinski definition) is 1. The molecular weight excluding hydrogens is 362 g/mol. The highest BCUT2D eigenvalue weighted by Gasteiger charge is 2.20. The zero-order valence-electron chi connectivity index (χ0n) is 14.9. The summed E-state index contributed by atoms with van der Waals surface area (Å²) in [4.78, 5) is 40.2. The summed E-state index contributed by atoms with van der Waals surface area (Å²) in [5.41, 5.74) is -0.0732. The summed E-state index contributed by atoms with van der Waals surface area (Å²) in [6, 6.07) is 9.65. The third kappa shape index (κ3) is 2.07. The first-order chi connectivity index (χ1) is 13.5. The lowest BCUT2D eigenvalue weighted by Crippen LogP contribution is -2.12. The Balaban J connectivity index is 2.23. The number of hydrogen-bond acceptors (Lipinski definition) is 6. The maximum Gasteiger partial charge on any atom is 0.344 e. The Kier molecular flexibility index (Phi) is 3.24. The summed E-state index contributed by atoms with van der Waals surface area (Å²) in [5.74, 6) is 0.297. The van der Waals surface area contributed by atoms with E-state index < -0.39 is 16.8 Å². The van der Waals surface area contributed by atoms with Gasteiger partial charge in [0.05, 0.1) is 28.8 Å². The monoisotopic (exact) mass is 375 g/mol. The van der Waals surface area contributed by atoms with Crippen molar-refractivity contribution in [3.8, 4) is 5.75 Å². The lowest BCUT2D eigenvalue weighted by atomic mass is 10.0. The standard InChI is InChI=1S/C21H13NO6/c1-9-7-14(23)27-12-8-13(26-2)18-17(15(9)12)19-16(20(24)22-18)10-5-3-4-6-11(10)21(25)28-19/h3-8H,1-2H3,(H,22,24). The first-order valence-electron chi connectivity index (χ1n) is 8.52. The van der Waals surface area contributed by atoms with Crippen LogP contribution in [0.1, 0.15) is 5.56 Å². The number of methoxy groups -OCH3 is 1. The van der Waals surface area contributed by atoms with Gasteiger partial charge in [-0.2, -0.15) is 0 Å². The maximum atomic E-state index is 12.9. The van der Waals surface area contributed by atoms with Crippen LogP contribution in [-0.2, 0) is 0 Å². The highest BCUT2D eigenvalue weighted by atomic mass is 16.5. The van der Waals surface area contributed by atoms with Crippen LogP contribution >= 0.6 is 0 Å². The molecule has 5 rings (SSSR count). The normalized spacial score (nSPS) is 11.6. The van der Waals surface area contributed by atoms with Crippen LogP contribution < -0.4 is 21.5 Å². The molecule has 0 atom stereocenters. The van der Waals surface area contributed by atoms with Crippen molar-refractivity contribution in [3.05, 3.63) is 73.2 Å². The van der Waals surface area contributed by atoms with E-state index in [4.69, 9.17) is 13.6 Å². The molecule has 0 spiro atoms. The SMILES string of the molecule is COc1cc2oc(=O)cc(C)c2c2c1[nH]c(=O)c1c3ccccc3c(=O)oc12. The summed E-state index contributed by atoms with van der Waals surface area (Å²) in [6.45, 7) is 1.75. The van der Waals surface area contributed by atoms with E-state index in [0.29, 0.717) is 38.4 Å². The average molecular weight is 375 g/mol. The summed E-state index contributed by atoms with van der Waals surface area (Å²) in [5, 5.41) is 2.07. The third-order valence-corrected chi connectivity index (χ3v) is 4.94. The van der Waals surface area contributed by atoms with Crippen molar-refractivity contribution in [3.63, 3.8) is 0 Å². The predicted octanol–water partition coefficient (Wildman–Crippen LogP) is 3.21. The maximum absolute atomic E-state index is 12.9. The number of aryl methyl sites for hydroxylation is 1. The second-order valence-electron chi connectivity index (χ2n) is 6.54. The highest BCUT2D eigenvalue weighted by molar-refractivity contribution is 6.22. The Morgan fingerprint density at radius 2 is 1.68 bits per heavy atom. The molecule has 7 heteroatoms. The van der Waals surface area contributed by atoms with E-state index in [9.17, 15) is 14.4 Å². The van der Waals surface area contributed by atoms with Crippen molar-refractivity contribution in [2.45, 2.75) is 6.92 Å². The molecule has 138 valence electrons. The van der Waals surface area contributed by atoms with Gasteiger partial charge >= 0.3 is 11.3 Å². The molecule has 2 aromatic carbocycles. The number of aromatic amines is 1. The van der Waals surface area contributed by atoms with Crippen molar-refractivity contribution in [2.24, 2.45) is 0 Å². The minimum atomic E-state index is -0.555. The minimum absolute atomic E-state index is 0.128. The Bertz CT molecular complexity index is 1620. The second-order valence-corrected chi connectivity index (χ2v) is 6.54. The zero-order valence-corrected chi connectivity index (χ0v) is 14.9. The molecule has 3 aromatic heterocycles. The number of nitrogens with one attached hydrogen (secondary N) is 1. The number of ether oxygens (including phenoxy) is 1. The van der Waals surface area contributed by atoms with Crippen molar-refractivity contribution < 1.29 is 13.6 Å². The lowest BCUT2D eigenvalue weighted by Gasteiger charge is -2.12. The van der Waals surface area contributed by atoms with Gasteiger partial charge in [0.15, 0.2) is 5.58 Å². The Hall–Kier alpha value is -3.87. The Labute approximate surface area is 155 Å². The number of fused-ring (bicyclic) bond motifs is 7. The number of pyridine rings is 1. The van der Waals surface area contributed by atoms with Gasteiger partial charge in [-0.25, -0.2) is 9.59 Å². The first kappa shape index (κ1) is 16.3. The van der Waals surface area contributed by atoms with Crippen LogP contribution in [0.4, 0.5) is 0 Å². The van der Waals surface area contributed by atoms with Crippen molar-refractivity contribution >= 4 is 43.6 Å². The summed E-state index contributed by atoms with van der Waals surface area (Å²) in [7, 11) is 1.44. The number of H-pyrrole nitrogens is 1. The molecule has 0 bridgehead atoms. The van der Waals surface area contributed by atoms with Gasteiger partial charge < -0.3 is 18.6 Å². The molecule has 3 heterocycles. The van der Waals surface area contributed by atoms with E-state index in [0.717, 1.165) is 0 Å². The smallest absolute Gasteiger partial charge is 0.344 e. The van der Waals surface area contributed by atoms with Crippen LogP contribution in [0.25, 0.3) is 43.6 Å². The van der Waals surface area contributed by atoms with E-state index in [1.165, 1.54) is 19.2 Å². The first-order valence-corrected chi connectivity index (χ1v) is 8.52. The fourth-order valence-electron chi connectivity index (χ4n) is 3.78. The van der Waals surface area contributed by atoms with Crippen LogP contribution in [0.2, 0.25) is 0 Å². The Morgan fingerprint density at radius 1 is 0.929 bits per heavy atom. The molecule has 0 aliphatic heterocycles. The van der Waals surface area contributed by atoms with Gasteiger partial charge in [-0.15, -0.1) is 0 Å². The van der Waals surface area contributed by atoms with Gasteiger partial charge in [-0.3, -0.25) is 4.79 Å². The van der Waals surface area contributed by atoms with Crippen LogP contribution in [0, 0.1) is 6.92 Å². The van der Waals surface area contributed by atoms with E-state index >= 15 is 0 Å². The predicted molar refractivity (Wildman–Crippen MR) is 105 cm³/mol. The minimum Gasteiger partial charge on any atom is -0.494 e. The number of benzene rings is 2.